The summed E-state index contributed by atoms with van der Waals surface area (Å²) in [4.78, 5) is 0. The standard InChI is InChI=1S/C15H14BrClFNO2/c1-20-14-6-9(5-11(16)15(14)21-2)8-19-13-7-10(18)3-4-12(13)17/h3-7,19H,8H2,1-2H3. The van der Waals surface area contributed by atoms with Crippen LogP contribution in [0.25, 0.3) is 0 Å². The van der Waals surface area contributed by atoms with Crippen LogP contribution in [0.15, 0.2) is 34.8 Å². The molecular formula is C15H14BrClFNO2. The van der Waals surface area contributed by atoms with Gasteiger partial charge in [0.1, 0.15) is 5.82 Å². The molecule has 2 aromatic carbocycles. The molecule has 2 aromatic rings. The van der Waals surface area contributed by atoms with E-state index in [-0.39, 0.29) is 5.82 Å². The molecule has 0 unspecified atom stereocenters. The fourth-order valence-electron chi connectivity index (χ4n) is 1.90. The first-order chi connectivity index (χ1) is 10.0. The summed E-state index contributed by atoms with van der Waals surface area (Å²) >= 11 is 9.45. The van der Waals surface area contributed by atoms with Crippen LogP contribution < -0.4 is 14.8 Å². The zero-order valence-electron chi connectivity index (χ0n) is 11.5. The van der Waals surface area contributed by atoms with Gasteiger partial charge in [0.25, 0.3) is 0 Å². The first-order valence-corrected chi connectivity index (χ1v) is 7.31. The van der Waals surface area contributed by atoms with Crippen LogP contribution in [0.5, 0.6) is 11.5 Å². The van der Waals surface area contributed by atoms with Crippen molar-refractivity contribution in [2.75, 3.05) is 19.5 Å². The summed E-state index contributed by atoms with van der Waals surface area (Å²) in [6.07, 6.45) is 0. The molecule has 0 amide bonds. The van der Waals surface area contributed by atoms with Gasteiger partial charge in [-0.25, -0.2) is 4.39 Å². The second-order valence-corrected chi connectivity index (χ2v) is 5.55. The lowest BCUT2D eigenvalue weighted by atomic mass is 10.2. The fraction of sp³-hybridized carbons (Fsp3) is 0.200. The summed E-state index contributed by atoms with van der Waals surface area (Å²) in [6, 6.07) is 7.95. The molecule has 0 aromatic heterocycles. The normalized spacial score (nSPS) is 10.3. The Kier molecular flexibility index (Phi) is 5.31. The summed E-state index contributed by atoms with van der Waals surface area (Å²) < 4.78 is 24.5. The molecule has 21 heavy (non-hydrogen) atoms. The molecule has 0 aliphatic carbocycles. The van der Waals surface area contributed by atoms with Crippen LogP contribution >= 0.6 is 27.5 Å². The number of rotatable bonds is 5. The highest BCUT2D eigenvalue weighted by Crippen LogP contribution is 2.36. The SMILES string of the molecule is COc1cc(CNc2cc(F)ccc2Cl)cc(Br)c1OC. The monoisotopic (exact) mass is 373 g/mol. The lowest BCUT2D eigenvalue weighted by Gasteiger charge is -2.13. The zero-order chi connectivity index (χ0) is 15.4. The van der Waals surface area contributed by atoms with Crippen molar-refractivity contribution in [2.45, 2.75) is 6.54 Å². The van der Waals surface area contributed by atoms with E-state index in [4.69, 9.17) is 21.1 Å². The molecule has 0 aliphatic rings. The average molecular weight is 375 g/mol. The van der Waals surface area contributed by atoms with Crippen molar-refractivity contribution in [1.82, 2.24) is 0 Å². The number of nitrogens with one attached hydrogen (secondary N) is 1. The Morgan fingerprint density at radius 1 is 1.19 bits per heavy atom. The van der Waals surface area contributed by atoms with Gasteiger partial charge in [-0.3, -0.25) is 0 Å². The third-order valence-electron chi connectivity index (χ3n) is 2.90. The van der Waals surface area contributed by atoms with Crippen LogP contribution in [-0.4, -0.2) is 14.2 Å². The molecule has 0 heterocycles. The Bertz CT molecular complexity index is 652. The van der Waals surface area contributed by atoms with Gasteiger partial charge in [-0.15, -0.1) is 0 Å². The highest BCUT2D eigenvalue weighted by molar-refractivity contribution is 9.10. The van der Waals surface area contributed by atoms with Gasteiger partial charge in [-0.1, -0.05) is 11.6 Å². The smallest absolute Gasteiger partial charge is 0.174 e. The van der Waals surface area contributed by atoms with E-state index in [0.29, 0.717) is 28.8 Å². The molecule has 0 atom stereocenters. The van der Waals surface area contributed by atoms with Crippen LogP contribution in [0, 0.1) is 5.82 Å². The van der Waals surface area contributed by atoms with E-state index in [0.717, 1.165) is 10.0 Å². The van der Waals surface area contributed by atoms with Crippen LogP contribution in [0.4, 0.5) is 10.1 Å². The van der Waals surface area contributed by atoms with Crippen LogP contribution in [0.3, 0.4) is 0 Å². The summed E-state index contributed by atoms with van der Waals surface area (Å²) in [6.45, 7) is 0.474. The van der Waals surface area contributed by atoms with E-state index in [1.165, 1.54) is 18.2 Å². The van der Waals surface area contributed by atoms with Gasteiger partial charge in [0, 0.05) is 6.54 Å². The minimum absolute atomic E-state index is 0.338. The zero-order valence-corrected chi connectivity index (χ0v) is 13.9. The van der Waals surface area contributed by atoms with Crippen molar-refractivity contribution in [3.05, 3.63) is 51.2 Å². The molecule has 0 aliphatic heterocycles. The maximum Gasteiger partial charge on any atom is 0.174 e. The number of hydrogen-bond acceptors (Lipinski definition) is 3. The van der Waals surface area contributed by atoms with Gasteiger partial charge >= 0.3 is 0 Å². The third-order valence-corrected chi connectivity index (χ3v) is 3.82. The second-order valence-electron chi connectivity index (χ2n) is 4.29. The van der Waals surface area contributed by atoms with Crippen molar-refractivity contribution in [3.63, 3.8) is 0 Å². The van der Waals surface area contributed by atoms with Crippen molar-refractivity contribution in [3.8, 4) is 11.5 Å². The van der Waals surface area contributed by atoms with Crippen LogP contribution in [0.1, 0.15) is 5.56 Å². The van der Waals surface area contributed by atoms with Gasteiger partial charge < -0.3 is 14.8 Å². The molecule has 112 valence electrons. The molecule has 2 rings (SSSR count). The maximum absolute atomic E-state index is 13.2. The second kappa shape index (κ2) is 7.00. The number of methoxy groups -OCH3 is 2. The largest absolute Gasteiger partial charge is 0.493 e. The van der Waals surface area contributed by atoms with Gasteiger partial charge in [-0.2, -0.15) is 0 Å². The molecule has 0 spiro atoms. The molecular weight excluding hydrogens is 361 g/mol. The highest BCUT2D eigenvalue weighted by Gasteiger charge is 2.11. The number of ether oxygens (including phenoxy) is 2. The maximum atomic E-state index is 13.2. The van der Waals surface area contributed by atoms with E-state index >= 15 is 0 Å². The molecule has 0 radical (unpaired) electrons. The van der Waals surface area contributed by atoms with Crippen molar-refractivity contribution < 1.29 is 13.9 Å². The van der Waals surface area contributed by atoms with E-state index < -0.39 is 0 Å². The quantitative estimate of drug-likeness (QED) is 0.810. The van der Waals surface area contributed by atoms with Crippen LogP contribution in [-0.2, 0) is 6.54 Å². The Hall–Kier alpha value is -1.46. The van der Waals surface area contributed by atoms with Gasteiger partial charge in [0.05, 0.1) is 29.4 Å². The predicted octanol–water partition coefficient (Wildman–Crippen LogP) is 4.87. The third kappa shape index (κ3) is 3.80. The first-order valence-electron chi connectivity index (χ1n) is 6.14. The average Bonchev–Trinajstić information content (AvgIpc) is 2.47. The fourth-order valence-corrected chi connectivity index (χ4v) is 2.74. The topological polar surface area (TPSA) is 30.5 Å². The van der Waals surface area contributed by atoms with Crippen LogP contribution in [0.2, 0.25) is 5.02 Å². The van der Waals surface area contributed by atoms with Gasteiger partial charge in [0.2, 0.25) is 0 Å². The molecule has 0 saturated carbocycles. The van der Waals surface area contributed by atoms with Crippen molar-refractivity contribution >= 4 is 33.2 Å². The molecule has 6 heteroatoms. The lowest BCUT2D eigenvalue weighted by Crippen LogP contribution is -2.02. The predicted molar refractivity (Wildman–Crippen MR) is 86.0 cm³/mol. The highest BCUT2D eigenvalue weighted by atomic mass is 79.9. The van der Waals surface area contributed by atoms with E-state index in [1.807, 2.05) is 12.1 Å². The molecule has 0 fully saturated rings. The van der Waals surface area contributed by atoms with Gasteiger partial charge in [0.15, 0.2) is 11.5 Å². The van der Waals surface area contributed by atoms with Gasteiger partial charge in [-0.05, 0) is 51.8 Å². The Morgan fingerprint density at radius 2 is 1.95 bits per heavy atom. The first kappa shape index (κ1) is 15.9. The molecule has 0 bridgehead atoms. The Labute approximate surface area is 136 Å². The summed E-state index contributed by atoms with van der Waals surface area (Å²) in [7, 11) is 3.15. The Balaban J connectivity index is 2.20. The summed E-state index contributed by atoms with van der Waals surface area (Å²) in [5.74, 6) is 0.912. The van der Waals surface area contributed by atoms with E-state index in [2.05, 4.69) is 21.2 Å². The number of benzene rings is 2. The summed E-state index contributed by atoms with van der Waals surface area (Å²) in [5, 5.41) is 3.57. The van der Waals surface area contributed by atoms with E-state index in [1.54, 1.807) is 14.2 Å². The number of anilines is 1. The summed E-state index contributed by atoms with van der Waals surface area (Å²) in [5.41, 5.74) is 1.49. The molecule has 3 nitrogen and oxygen atoms in total. The number of hydrogen-bond donors (Lipinski definition) is 1. The van der Waals surface area contributed by atoms with E-state index in [9.17, 15) is 4.39 Å². The van der Waals surface area contributed by atoms with Crippen molar-refractivity contribution in [2.24, 2.45) is 0 Å². The minimum atomic E-state index is -0.338. The minimum Gasteiger partial charge on any atom is -0.493 e. The van der Waals surface area contributed by atoms with Crippen molar-refractivity contribution in [1.29, 1.82) is 0 Å². The number of halogens is 3. The Morgan fingerprint density at radius 3 is 2.62 bits per heavy atom. The molecule has 1 N–H and O–H groups in total. The molecule has 0 saturated heterocycles. The lowest BCUT2D eigenvalue weighted by molar-refractivity contribution is 0.352.